The Morgan fingerprint density at radius 2 is 1.36 bits per heavy atom. The van der Waals surface area contributed by atoms with Crippen molar-refractivity contribution < 1.29 is 0 Å². The molecule has 2 heterocycles. The lowest BCUT2D eigenvalue weighted by Crippen LogP contribution is -2.20. The van der Waals surface area contributed by atoms with Gasteiger partial charge in [0.05, 0.1) is 0 Å². The maximum atomic E-state index is 2.70. The third-order valence-corrected chi connectivity index (χ3v) is 7.56. The third kappa shape index (κ3) is 3.77. The van der Waals surface area contributed by atoms with Gasteiger partial charge in [-0.1, -0.05) is 61.4 Å². The van der Waals surface area contributed by atoms with E-state index in [2.05, 4.69) is 65.4 Å². The van der Waals surface area contributed by atoms with Crippen molar-refractivity contribution in [2.75, 3.05) is 26.7 Å². The lowest BCUT2D eigenvalue weighted by atomic mass is 9.82. The van der Waals surface area contributed by atoms with Crippen LogP contribution in [0.25, 0.3) is 11.1 Å². The molecule has 0 spiro atoms. The predicted octanol–water partition coefficient (Wildman–Crippen LogP) is 5.74. The molecule has 1 saturated carbocycles. The van der Waals surface area contributed by atoms with Gasteiger partial charge in [-0.15, -0.1) is 0 Å². The normalized spacial score (nSPS) is 28.5. The highest BCUT2D eigenvalue weighted by Gasteiger charge is 2.33. The van der Waals surface area contributed by atoms with Crippen LogP contribution in [0.1, 0.15) is 55.7 Å². The molecule has 3 fully saturated rings. The van der Waals surface area contributed by atoms with Crippen molar-refractivity contribution in [3.8, 4) is 11.1 Å². The van der Waals surface area contributed by atoms with E-state index in [1.54, 1.807) is 0 Å². The molecule has 2 aromatic carbocycles. The largest absolute Gasteiger partial charge is 0.299 e. The molecule has 5 rings (SSSR count). The monoisotopic (exact) mass is 374 g/mol. The van der Waals surface area contributed by atoms with Crippen molar-refractivity contribution in [2.45, 2.75) is 51.1 Å². The average molecular weight is 375 g/mol. The van der Waals surface area contributed by atoms with Crippen LogP contribution < -0.4 is 0 Å². The Bertz CT molecular complexity index is 765. The smallest absolute Gasteiger partial charge is 0.0345 e. The van der Waals surface area contributed by atoms with E-state index in [9.17, 15) is 0 Å². The minimum Gasteiger partial charge on any atom is -0.299 e. The van der Waals surface area contributed by atoms with Crippen LogP contribution in [0.2, 0.25) is 0 Å². The second-order valence-electron chi connectivity index (χ2n) is 9.46. The minimum absolute atomic E-state index is 0.612. The van der Waals surface area contributed by atoms with Crippen LogP contribution in [0.3, 0.4) is 0 Å². The molecular weight excluding hydrogens is 340 g/mol. The lowest BCUT2D eigenvalue weighted by molar-refractivity contribution is 0.299. The van der Waals surface area contributed by atoms with Gasteiger partial charge in [0.2, 0.25) is 0 Å². The number of hydrogen-bond donors (Lipinski definition) is 0. The molecule has 0 radical (unpaired) electrons. The molecule has 3 atom stereocenters. The molecular formula is C26H34N2. The van der Waals surface area contributed by atoms with Crippen molar-refractivity contribution in [1.82, 2.24) is 9.80 Å². The molecule has 148 valence electrons. The first-order valence-corrected chi connectivity index (χ1v) is 11.4. The summed E-state index contributed by atoms with van der Waals surface area (Å²) in [6.07, 6.45) is 8.46. The summed E-state index contributed by atoms with van der Waals surface area (Å²) in [6, 6.07) is 19.2. The molecule has 2 aliphatic heterocycles. The molecule has 0 amide bonds. The van der Waals surface area contributed by atoms with Crippen molar-refractivity contribution in [3.63, 3.8) is 0 Å². The molecule has 0 bridgehead atoms. The molecule has 28 heavy (non-hydrogen) atoms. The number of likely N-dealkylation sites (tertiary alicyclic amines) is 2. The Balaban J connectivity index is 1.22. The second kappa shape index (κ2) is 8.00. The summed E-state index contributed by atoms with van der Waals surface area (Å²) >= 11 is 0. The van der Waals surface area contributed by atoms with Crippen molar-refractivity contribution >= 4 is 0 Å². The Hall–Kier alpha value is -1.64. The van der Waals surface area contributed by atoms with Crippen LogP contribution >= 0.6 is 0 Å². The first-order chi connectivity index (χ1) is 13.8. The number of nitrogens with zero attached hydrogens (tertiary/aromatic N) is 2. The first-order valence-electron chi connectivity index (χ1n) is 11.4. The zero-order valence-electron chi connectivity index (χ0n) is 17.3. The maximum absolute atomic E-state index is 2.70. The average Bonchev–Trinajstić information content (AvgIpc) is 3.34. The Morgan fingerprint density at radius 1 is 0.750 bits per heavy atom. The fourth-order valence-electron chi connectivity index (χ4n) is 5.92. The fraction of sp³-hybridized carbons (Fsp3) is 0.538. The summed E-state index contributed by atoms with van der Waals surface area (Å²) in [6.45, 7) is 5.00. The molecule has 0 aromatic heterocycles. The van der Waals surface area contributed by atoms with Gasteiger partial charge >= 0.3 is 0 Å². The number of rotatable bonds is 4. The molecule has 2 heteroatoms. The number of hydrogen-bond acceptors (Lipinski definition) is 2. The number of fused-ring (bicyclic) bond motifs is 1. The van der Waals surface area contributed by atoms with Gasteiger partial charge < -0.3 is 0 Å². The van der Waals surface area contributed by atoms with Gasteiger partial charge in [-0.05, 0) is 73.4 Å². The van der Waals surface area contributed by atoms with Crippen molar-refractivity contribution in [2.24, 2.45) is 11.8 Å². The zero-order valence-corrected chi connectivity index (χ0v) is 17.3. The SMILES string of the molecule is CN1CCCC1c1ccc(-c2ccc(CN3CC4CCCCC4C3)cc2)cc1. The lowest BCUT2D eigenvalue weighted by Gasteiger charge is -2.23. The summed E-state index contributed by atoms with van der Waals surface area (Å²) < 4.78 is 0. The third-order valence-electron chi connectivity index (χ3n) is 7.56. The van der Waals surface area contributed by atoms with Crippen LogP contribution in [0.15, 0.2) is 48.5 Å². The molecule has 3 unspecified atom stereocenters. The van der Waals surface area contributed by atoms with E-state index < -0.39 is 0 Å². The summed E-state index contributed by atoms with van der Waals surface area (Å²) in [4.78, 5) is 5.18. The van der Waals surface area contributed by atoms with E-state index >= 15 is 0 Å². The highest BCUT2D eigenvalue weighted by molar-refractivity contribution is 5.64. The van der Waals surface area contributed by atoms with E-state index in [0.29, 0.717) is 6.04 Å². The van der Waals surface area contributed by atoms with Crippen LogP contribution in [-0.4, -0.2) is 36.5 Å². The minimum atomic E-state index is 0.612. The van der Waals surface area contributed by atoms with Gasteiger partial charge in [0.1, 0.15) is 0 Å². The van der Waals surface area contributed by atoms with Crippen molar-refractivity contribution in [1.29, 1.82) is 0 Å². The van der Waals surface area contributed by atoms with E-state index in [1.165, 1.54) is 80.4 Å². The molecule has 2 nitrogen and oxygen atoms in total. The Kier molecular flexibility index (Phi) is 5.26. The summed E-state index contributed by atoms with van der Waals surface area (Å²) in [5.74, 6) is 1.95. The number of benzene rings is 2. The van der Waals surface area contributed by atoms with Gasteiger partial charge in [0.15, 0.2) is 0 Å². The van der Waals surface area contributed by atoms with Gasteiger partial charge in [0.25, 0.3) is 0 Å². The summed E-state index contributed by atoms with van der Waals surface area (Å²) in [7, 11) is 2.25. The van der Waals surface area contributed by atoms with E-state index in [1.807, 2.05) is 0 Å². The highest BCUT2D eigenvalue weighted by Crippen LogP contribution is 2.36. The highest BCUT2D eigenvalue weighted by atomic mass is 15.2. The van der Waals surface area contributed by atoms with Crippen molar-refractivity contribution in [3.05, 3.63) is 59.7 Å². The summed E-state index contributed by atoms with van der Waals surface area (Å²) in [5, 5.41) is 0. The van der Waals surface area contributed by atoms with Gasteiger partial charge in [-0.25, -0.2) is 0 Å². The zero-order chi connectivity index (χ0) is 18.9. The van der Waals surface area contributed by atoms with Gasteiger partial charge in [-0.2, -0.15) is 0 Å². The fourth-order valence-corrected chi connectivity index (χ4v) is 5.92. The predicted molar refractivity (Wildman–Crippen MR) is 117 cm³/mol. The van der Waals surface area contributed by atoms with E-state index in [-0.39, 0.29) is 0 Å². The van der Waals surface area contributed by atoms with Gasteiger partial charge in [0, 0.05) is 25.7 Å². The van der Waals surface area contributed by atoms with Crippen LogP contribution in [-0.2, 0) is 6.54 Å². The van der Waals surface area contributed by atoms with E-state index in [0.717, 1.165) is 18.4 Å². The topological polar surface area (TPSA) is 6.48 Å². The standard InChI is InChI=1S/C26H34N2/c1-27-16-4-7-26(27)23-14-12-22(13-15-23)21-10-8-20(9-11-21)17-28-18-24-5-2-3-6-25(24)19-28/h8-15,24-26H,2-7,16-19H2,1H3. The molecule has 2 aromatic rings. The van der Waals surface area contributed by atoms with Crippen LogP contribution in [0.5, 0.6) is 0 Å². The van der Waals surface area contributed by atoms with E-state index in [4.69, 9.17) is 0 Å². The Labute approximate surface area is 170 Å². The van der Waals surface area contributed by atoms with Crippen LogP contribution in [0.4, 0.5) is 0 Å². The van der Waals surface area contributed by atoms with Crippen LogP contribution in [0, 0.1) is 11.8 Å². The molecule has 2 saturated heterocycles. The van der Waals surface area contributed by atoms with Gasteiger partial charge in [-0.3, -0.25) is 9.80 Å². The molecule has 3 aliphatic rings. The maximum Gasteiger partial charge on any atom is 0.0345 e. The second-order valence-corrected chi connectivity index (χ2v) is 9.46. The molecule has 1 aliphatic carbocycles. The quantitative estimate of drug-likeness (QED) is 0.673. The first kappa shape index (κ1) is 18.4. The molecule has 0 N–H and O–H groups in total. The summed E-state index contributed by atoms with van der Waals surface area (Å²) in [5.41, 5.74) is 5.61. The Morgan fingerprint density at radius 3 is 1.93 bits per heavy atom.